The lowest BCUT2D eigenvalue weighted by Crippen LogP contribution is -2.31. The van der Waals surface area contributed by atoms with Crippen molar-refractivity contribution >= 4 is 5.82 Å². The van der Waals surface area contributed by atoms with Crippen molar-refractivity contribution in [2.75, 3.05) is 18.8 Å². The fourth-order valence-corrected chi connectivity index (χ4v) is 1.95. The second kappa shape index (κ2) is 3.38. The largest absolute Gasteiger partial charge is 0.382 e. The van der Waals surface area contributed by atoms with E-state index in [2.05, 4.69) is 14.9 Å². The molecule has 1 fully saturated rings. The molecule has 4 nitrogen and oxygen atoms in total. The van der Waals surface area contributed by atoms with Crippen molar-refractivity contribution in [2.24, 2.45) is 0 Å². The molecular formula is C9H16N4. The Bertz CT molecular complexity index is 286. The van der Waals surface area contributed by atoms with Gasteiger partial charge in [-0.25, -0.2) is 4.98 Å². The Morgan fingerprint density at radius 3 is 3.08 bits per heavy atom. The molecule has 0 aliphatic carbocycles. The van der Waals surface area contributed by atoms with Gasteiger partial charge in [0.1, 0.15) is 11.6 Å². The van der Waals surface area contributed by atoms with Crippen LogP contribution < -0.4 is 11.1 Å². The average molecular weight is 180 g/mol. The molecule has 1 aromatic heterocycles. The van der Waals surface area contributed by atoms with E-state index < -0.39 is 0 Å². The van der Waals surface area contributed by atoms with Crippen molar-refractivity contribution in [1.82, 2.24) is 14.9 Å². The Balaban J connectivity index is 2.18. The quantitative estimate of drug-likeness (QED) is 0.669. The molecule has 3 N–H and O–H groups in total. The summed E-state index contributed by atoms with van der Waals surface area (Å²) < 4.78 is 2.18. The molecule has 1 aliphatic rings. The highest BCUT2D eigenvalue weighted by Gasteiger charge is 2.16. The van der Waals surface area contributed by atoms with Crippen LogP contribution in [0.1, 0.15) is 24.7 Å². The van der Waals surface area contributed by atoms with Crippen LogP contribution in [0.4, 0.5) is 5.82 Å². The lowest BCUT2D eigenvalue weighted by atomic mass is 10.1. The predicted octanol–water partition coefficient (Wildman–Crippen LogP) is 0.698. The fraction of sp³-hybridized carbons (Fsp3) is 0.667. The number of hydrogen-bond acceptors (Lipinski definition) is 3. The number of rotatable bonds is 1. The molecule has 4 heteroatoms. The third-order valence-electron chi connectivity index (χ3n) is 2.60. The summed E-state index contributed by atoms with van der Waals surface area (Å²) in [5.41, 5.74) is 5.63. The van der Waals surface area contributed by atoms with Crippen molar-refractivity contribution < 1.29 is 0 Å². The fourth-order valence-electron chi connectivity index (χ4n) is 1.95. The van der Waals surface area contributed by atoms with Gasteiger partial charge >= 0.3 is 0 Å². The standard InChI is InChI=1S/C9H16N4/c1-7-12-9(10)6-13(7)8-3-2-4-11-5-8/h6,8,11H,2-5,10H2,1H3. The Labute approximate surface area is 78.1 Å². The van der Waals surface area contributed by atoms with E-state index in [-0.39, 0.29) is 0 Å². The molecule has 0 amide bonds. The van der Waals surface area contributed by atoms with Crippen molar-refractivity contribution in [1.29, 1.82) is 0 Å². The normalized spacial score (nSPS) is 23.3. The number of nitrogens with two attached hydrogens (primary N) is 1. The van der Waals surface area contributed by atoms with Crippen molar-refractivity contribution in [3.63, 3.8) is 0 Å². The zero-order valence-corrected chi connectivity index (χ0v) is 7.95. The lowest BCUT2D eigenvalue weighted by Gasteiger charge is -2.24. The summed E-state index contributed by atoms with van der Waals surface area (Å²) in [7, 11) is 0. The summed E-state index contributed by atoms with van der Waals surface area (Å²) in [5.74, 6) is 1.65. The van der Waals surface area contributed by atoms with Gasteiger partial charge in [-0.05, 0) is 26.3 Å². The summed E-state index contributed by atoms with van der Waals surface area (Å²) in [5, 5.41) is 3.38. The maximum absolute atomic E-state index is 5.63. The van der Waals surface area contributed by atoms with Gasteiger partial charge in [0.25, 0.3) is 0 Å². The first kappa shape index (κ1) is 8.56. The van der Waals surface area contributed by atoms with Gasteiger partial charge in [-0.1, -0.05) is 0 Å². The van der Waals surface area contributed by atoms with Gasteiger partial charge in [0.15, 0.2) is 0 Å². The maximum Gasteiger partial charge on any atom is 0.141 e. The first-order chi connectivity index (χ1) is 6.27. The van der Waals surface area contributed by atoms with Gasteiger partial charge in [0.2, 0.25) is 0 Å². The number of anilines is 1. The number of nitrogens with one attached hydrogen (secondary N) is 1. The highest BCUT2D eigenvalue weighted by molar-refractivity contribution is 5.26. The van der Waals surface area contributed by atoms with Crippen LogP contribution in [0.3, 0.4) is 0 Å². The van der Waals surface area contributed by atoms with Crippen molar-refractivity contribution in [2.45, 2.75) is 25.8 Å². The summed E-state index contributed by atoms with van der Waals surface area (Å²) >= 11 is 0. The Hall–Kier alpha value is -1.03. The van der Waals surface area contributed by atoms with E-state index in [1.54, 1.807) is 0 Å². The second-order valence-corrected chi connectivity index (χ2v) is 3.62. The first-order valence-corrected chi connectivity index (χ1v) is 4.79. The highest BCUT2D eigenvalue weighted by Crippen LogP contribution is 2.19. The molecule has 1 unspecified atom stereocenters. The number of piperidine rings is 1. The van der Waals surface area contributed by atoms with Crippen LogP contribution in [-0.2, 0) is 0 Å². The van der Waals surface area contributed by atoms with Crippen molar-refractivity contribution in [3.8, 4) is 0 Å². The molecule has 1 aliphatic heterocycles. The molecule has 0 radical (unpaired) electrons. The molecule has 2 heterocycles. The molecule has 0 saturated carbocycles. The number of nitrogens with zero attached hydrogens (tertiary/aromatic N) is 2. The van der Waals surface area contributed by atoms with E-state index in [1.807, 2.05) is 13.1 Å². The summed E-state index contributed by atoms with van der Waals surface area (Å²) in [6.45, 7) is 4.18. The zero-order valence-electron chi connectivity index (χ0n) is 7.95. The van der Waals surface area contributed by atoms with Gasteiger partial charge in [-0.2, -0.15) is 0 Å². The van der Waals surface area contributed by atoms with Gasteiger partial charge < -0.3 is 15.6 Å². The molecule has 72 valence electrons. The maximum atomic E-state index is 5.63. The van der Waals surface area contributed by atoms with Gasteiger partial charge in [-0.3, -0.25) is 0 Å². The van der Waals surface area contributed by atoms with Crippen LogP contribution in [0.15, 0.2) is 6.20 Å². The van der Waals surface area contributed by atoms with E-state index in [0.29, 0.717) is 11.9 Å². The smallest absolute Gasteiger partial charge is 0.141 e. The monoisotopic (exact) mass is 180 g/mol. The predicted molar refractivity (Wildman–Crippen MR) is 52.5 cm³/mol. The first-order valence-electron chi connectivity index (χ1n) is 4.79. The minimum Gasteiger partial charge on any atom is -0.382 e. The van der Waals surface area contributed by atoms with E-state index >= 15 is 0 Å². The highest BCUT2D eigenvalue weighted by atomic mass is 15.1. The number of nitrogen functional groups attached to an aromatic ring is 1. The molecular weight excluding hydrogens is 164 g/mol. The molecule has 0 aromatic carbocycles. The van der Waals surface area contributed by atoms with Crippen LogP contribution in [0.2, 0.25) is 0 Å². The molecule has 1 atom stereocenters. The molecule has 13 heavy (non-hydrogen) atoms. The average Bonchev–Trinajstić information content (AvgIpc) is 2.47. The molecule has 0 spiro atoms. The number of aromatic nitrogens is 2. The Morgan fingerprint density at radius 2 is 2.54 bits per heavy atom. The van der Waals surface area contributed by atoms with E-state index in [0.717, 1.165) is 18.9 Å². The lowest BCUT2D eigenvalue weighted by molar-refractivity contribution is 0.366. The Kier molecular flexibility index (Phi) is 2.22. The molecule has 1 aromatic rings. The van der Waals surface area contributed by atoms with E-state index in [9.17, 15) is 0 Å². The van der Waals surface area contributed by atoms with E-state index in [4.69, 9.17) is 5.73 Å². The van der Waals surface area contributed by atoms with Crippen molar-refractivity contribution in [3.05, 3.63) is 12.0 Å². The molecule has 1 saturated heterocycles. The topological polar surface area (TPSA) is 55.9 Å². The molecule has 0 bridgehead atoms. The Morgan fingerprint density at radius 1 is 1.69 bits per heavy atom. The zero-order chi connectivity index (χ0) is 9.26. The van der Waals surface area contributed by atoms with Gasteiger partial charge in [-0.15, -0.1) is 0 Å². The third-order valence-corrected chi connectivity index (χ3v) is 2.60. The third kappa shape index (κ3) is 1.67. The van der Waals surface area contributed by atoms with Crippen LogP contribution in [-0.4, -0.2) is 22.6 Å². The number of imidazole rings is 1. The van der Waals surface area contributed by atoms with Gasteiger partial charge in [0.05, 0.1) is 0 Å². The van der Waals surface area contributed by atoms with E-state index in [1.165, 1.54) is 12.8 Å². The van der Waals surface area contributed by atoms with Crippen LogP contribution in [0.25, 0.3) is 0 Å². The minimum absolute atomic E-state index is 0.540. The van der Waals surface area contributed by atoms with Gasteiger partial charge in [0, 0.05) is 18.8 Å². The number of hydrogen-bond donors (Lipinski definition) is 2. The molecule has 2 rings (SSSR count). The summed E-state index contributed by atoms with van der Waals surface area (Å²) in [4.78, 5) is 4.20. The second-order valence-electron chi connectivity index (χ2n) is 3.62. The van der Waals surface area contributed by atoms with Crippen LogP contribution in [0.5, 0.6) is 0 Å². The number of aryl methyl sites for hydroxylation is 1. The van der Waals surface area contributed by atoms with Crippen LogP contribution >= 0.6 is 0 Å². The minimum atomic E-state index is 0.540. The summed E-state index contributed by atoms with van der Waals surface area (Å²) in [6, 6.07) is 0.540. The van der Waals surface area contributed by atoms with Crippen LogP contribution in [0, 0.1) is 6.92 Å². The SMILES string of the molecule is Cc1nc(N)cn1C1CCCNC1. The summed E-state index contributed by atoms with van der Waals surface area (Å²) in [6.07, 6.45) is 4.40.